The van der Waals surface area contributed by atoms with Gasteiger partial charge < -0.3 is 5.32 Å². The van der Waals surface area contributed by atoms with Crippen LogP contribution in [0.2, 0.25) is 0 Å². The summed E-state index contributed by atoms with van der Waals surface area (Å²) in [5, 5.41) is 7.93. The van der Waals surface area contributed by atoms with Gasteiger partial charge in [0.2, 0.25) is 0 Å². The molecule has 1 aromatic heterocycles. The maximum absolute atomic E-state index is 4.42. The zero-order chi connectivity index (χ0) is 13.1. The molecule has 96 valence electrons. The van der Waals surface area contributed by atoms with Crippen molar-refractivity contribution in [2.75, 3.05) is 5.32 Å². The molecule has 2 rings (SSSR count). The fourth-order valence-electron chi connectivity index (χ4n) is 2.29. The molecule has 0 atom stereocenters. The van der Waals surface area contributed by atoms with Crippen molar-refractivity contribution in [2.45, 2.75) is 33.7 Å². The molecule has 0 aliphatic carbocycles. The number of aryl methyl sites for hydroxylation is 3. The van der Waals surface area contributed by atoms with Crippen molar-refractivity contribution < 1.29 is 0 Å². The molecular formula is C15H21N3. The van der Waals surface area contributed by atoms with Crippen LogP contribution in [0, 0.1) is 13.8 Å². The second kappa shape index (κ2) is 5.25. The fraction of sp³-hybridized carbons (Fsp3) is 0.400. The molecule has 1 N–H and O–H groups in total. The summed E-state index contributed by atoms with van der Waals surface area (Å²) < 4.78 is 1.92. The van der Waals surface area contributed by atoms with E-state index in [2.05, 4.69) is 48.5 Å². The van der Waals surface area contributed by atoms with Crippen LogP contribution in [0.25, 0.3) is 0 Å². The topological polar surface area (TPSA) is 29.9 Å². The Balaban J connectivity index is 2.16. The van der Waals surface area contributed by atoms with Crippen LogP contribution < -0.4 is 5.32 Å². The SMILES string of the molecule is CCc1ccccc1CNc1c(C)nn(C)c1C. The number of anilines is 1. The standard InChI is InChI=1S/C15H21N3/c1-5-13-8-6-7-9-14(13)10-16-15-11(2)17-18(4)12(15)3/h6-9,16H,5,10H2,1-4H3. The Morgan fingerprint density at radius 3 is 2.39 bits per heavy atom. The lowest BCUT2D eigenvalue weighted by Gasteiger charge is -2.10. The zero-order valence-electron chi connectivity index (χ0n) is 11.6. The van der Waals surface area contributed by atoms with Gasteiger partial charge in [0.05, 0.1) is 17.1 Å². The van der Waals surface area contributed by atoms with Crippen LogP contribution in [0.5, 0.6) is 0 Å². The van der Waals surface area contributed by atoms with Gasteiger partial charge in [0.25, 0.3) is 0 Å². The molecule has 18 heavy (non-hydrogen) atoms. The molecule has 0 saturated heterocycles. The summed E-state index contributed by atoms with van der Waals surface area (Å²) in [7, 11) is 1.98. The molecule has 0 fully saturated rings. The second-order valence-corrected chi connectivity index (χ2v) is 4.65. The Morgan fingerprint density at radius 1 is 1.17 bits per heavy atom. The Hall–Kier alpha value is -1.77. The molecule has 2 aromatic rings. The summed E-state index contributed by atoms with van der Waals surface area (Å²) in [6.45, 7) is 7.19. The van der Waals surface area contributed by atoms with Gasteiger partial charge in [-0.2, -0.15) is 5.10 Å². The van der Waals surface area contributed by atoms with E-state index in [1.165, 1.54) is 16.8 Å². The van der Waals surface area contributed by atoms with E-state index in [0.29, 0.717) is 0 Å². The number of benzene rings is 1. The first-order valence-corrected chi connectivity index (χ1v) is 6.44. The average molecular weight is 243 g/mol. The number of hydrogen-bond donors (Lipinski definition) is 1. The van der Waals surface area contributed by atoms with Crippen LogP contribution in [0.4, 0.5) is 5.69 Å². The number of hydrogen-bond acceptors (Lipinski definition) is 2. The smallest absolute Gasteiger partial charge is 0.0827 e. The van der Waals surface area contributed by atoms with E-state index in [1.807, 2.05) is 18.7 Å². The molecule has 0 unspecified atom stereocenters. The molecule has 0 saturated carbocycles. The summed E-state index contributed by atoms with van der Waals surface area (Å²) in [5.41, 5.74) is 6.17. The van der Waals surface area contributed by atoms with Crippen molar-refractivity contribution in [3.8, 4) is 0 Å². The molecule has 0 aliphatic rings. The number of nitrogens with one attached hydrogen (secondary N) is 1. The first-order chi connectivity index (χ1) is 8.63. The summed E-state index contributed by atoms with van der Waals surface area (Å²) in [5.74, 6) is 0. The second-order valence-electron chi connectivity index (χ2n) is 4.65. The molecule has 0 amide bonds. The van der Waals surface area contributed by atoms with E-state index in [0.717, 1.165) is 24.3 Å². The summed E-state index contributed by atoms with van der Waals surface area (Å²) >= 11 is 0. The van der Waals surface area contributed by atoms with Gasteiger partial charge in [-0.25, -0.2) is 0 Å². The van der Waals surface area contributed by atoms with E-state index in [9.17, 15) is 0 Å². The van der Waals surface area contributed by atoms with Gasteiger partial charge in [0.1, 0.15) is 0 Å². The van der Waals surface area contributed by atoms with Crippen LogP contribution in [0.1, 0.15) is 29.4 Å². The predicted molar refractivity (Wildman–Crippen MR) is 75.8 cm³/mol. The van der Waals surface area contributed by atoms with Gasteiger partial charge in [-0.15, -0.1) is 0 Å². The van der Waals surface area contributed by atoms with Crippen molar-refractivity contribution in [2.24, 2.45) is 7.05 Å². The minimum Gasteiger partial charge on any atom is -0.378 e. The van der Waals surface area contributed by atoms with E-state index in [-0.39, 0.29) is 0 Å². The van der Waals surface area contributed by atoms with Crippen molar-refractivity contribution in [1.29, 1.82) is 0 Å². The molecular weight excluding hydrogens is 222 g/mol. The third kappa shape index (κ3) is 2.40. The lowest BCUT2D eigenvalue weighted by Crippen LogP contribution is -2.04. The predicted octanol–water partition coefficient (Wildman–Crippen LogP) is 3.21. The first-order valence-electron chi connectivity index (χ1n) is 6.44. The van der Waals surface area contributed by atoms with Gasteiger partial charge in [0, 0.05) is 13.6 Å². The van der Waals surface area contributed by atoms with Crippen LogP contribution in [0.3, 0.4) is 0 Å². The van der Waals surface area contributed by atoms with Crippen molar-refractivity contribution >= 4 is 5.69 Å². The maximum atomic E-state index is 4.42. The Kier molecular flexibility index (Phi) is 3.70. The normalized spacial score (nSPS) is 10.7. The van der Waals surface area contributed by atoms with Crippen molar-refractivity contribution in [1.82, 2.24) is 9.78 Å². The van der Waals surface area contributed by atoms with Crippen LogP contribution >= 0.6 is 0 Å². The largest absolute Gasteiger partial charge is 0.378 e. The highest BCUT2D eigenvalue weighted by atomic mass is 15.3. The highest BCUT2D eigenvalue weighted by Gasteiger charge is 2.09. The van der Waals surface area contributed by atoms with Gasteiger partial charge >= 0.3 is 0 Å². The quantitative estimate of drug-likeness (QED) is 0.893. The molecule has 1 aromatic carbocycles. The lowest BCUT2D eigenvalue weighted by atomic mass is 10.1. The molecule has 0 bridgehead atoms. The summed E-state index contributed by atoms with van der Waals surface area (Å²) in [6, 6.07) is 8.58. The molecule has 0 aliphatic heterocycles. The molecule has 3 nitrogen and oxygen atoms in total. The van der Waals surface area contributed by atoms with Crippen LogP contribution in [0.15, 0.2) is 24.3 Å². The van der Waals surface area contributed by atoms with E-state index in [1.54, 1.807) is 0 Å². The van der Waals surface area contributed by atoms with Crippen LogP contribution in [-0.4, -0.2) is 9.78 Å². The molecule has 3 heteroatoms. The molecule has 0 spiro atoms. The van der Waals surface area contributed by atoms with E-state index >= 15 is 0 Å². The third-order valence-electron chi connectivity index (χ3n) is 3.46. The zero-order valence-corrected chi connectivity index (χ0v) is 11.6. The third-order valence-corrected chi connectivity index (χ3v) is 3.46. The monoisotopic (exact) mass is 243 g/mol. The van der Waals surface area contributed by atoms with E-state index < -0.39 is 0 Å². The van der Waals surface area contributed by atoms with Gasteiger partial charge in [-0.1, -0.05) is 31.2 Å². The minimum absolute atomic E-state index is 0.859. The van der Waals surface area contributed by atoms with Gasteiger partial charge in [0.15, 0.2) is 0 Å². The Bertz CT molecular complexity index is 541. The minimum atomic E-state index is 0.859. The van der Waals surface area contributed by atoms with Gasteiger partial charge in [-0.3, -0.25) is 4.68 Å². The highest BCUT2D eigenvalue weighted by molar-refractivity contribution is 5.52. The van der Waals surface area contributed by atoms with Crippen LogP contribution in [-0.2, 0) is 20.0 Å². The fourth-order valence-corrected chi connectivity index (χ4v) is 2.29. The molecule has 1 heterocycles. The van der Waals surface area contributed by atoms with Crippen molar-refractivity contribution in [3.63, 3.8) is 0 Å². The summed E-state index contributed by atoms with van der Waals surface area (Å²) in [6.07, 6.45) is 1.07. The number of aromatic nitrogens is 2. The highest BCUT2D eigenvalue weighted by Crippen LogP contribution is 2.20. The number of rotatable bonds is 4. The van der Waals surface area contributed by atoms with Gasteiger partial charge in [-0.05, 0) is 31.4 Å². The maximum Gasteiger partial charge on any atom is 0.0827 e. The first kappa shape index (κ1) is 12.7. The van der Waals surface area contributed by atoms with Crippen molar-refractivity contribution in [3.05, 3.63) is 46.8 Å². The van der Waals surface area contributed by atoms with E-state index in [4.69, 9.17) is 0 Å². The summed E-state index contributed by atoms with van der Waals surface area (Å²) in [4.78, 5) is 0. The number of nitrogens with zero attached hydrogens (tertiary/aromatic N) is 2. The Labute approximate surface area is 109 Å². The average Bonchev–Trinajstić information content (AvgIpc) is 2.62. The molecule has 0 radical (unpaired) electrons. The lowest BCUT2D eigenvalue weighted by molar-refractivity contribution is 0.731. The Morgan fingerprint density at radius 2 is 1.83 bits per heavy atom.